The predicted molar refractivity (Wildman–Crippen MR) is 101 cm³/mol. The van der Waals surface area contributed by atoms with Crippen molar-refractivity contribution in [1.29, 1.82) is 0 Å². The van der Waals surface area contributed by atoms with Crippen LogP contribution in [-0.4, -0.2) is 44.1 Å². The molecule has 1 atom stereocenters. The molecule has 2 aromatic heterocycles. The zero-order valence-electron chi connectivity index (χ0n) is 15.4. The fourth-order valence-electron chi connectivity index (χ4n) is 3.60. The summed E-state index contributed by atoms with van der Waals surface area (Å²) >= 11 is 0. The molecule has 0 saturated heterocycles. The Morgan fingerprint density at radius 1 is 1.33 bits per heavy atom. The standard InChI is InChI=1S/C19H22N6O2/c1-24-10-12-5-3-4-6-13(12)15(11-24)21-17(26)8-7-16-22-18-14(19(27)23-16)9-20-25(18)2/h3-6,9,15H,7-8,10-11H2,1-2H3,(H,21,26)(H,22,23,27). The van der Waals surface area contributed by atoms with Gasteiger partial charge in [0.05, 0.1) is 12.2 Å². The second-order valence-corrected chi connectivity index (χ2v) is 7.03. The van der Waals surface area contributed by atoms with Gasteiger partial charge in [-0.05, 0) is 18.2 Å². The number of benzene rings is 1. The molecule has 0 saturated carbocycles. The normalized spacial score (nSPS) is 17.0. The van der Waals surface area contributed by atoms with Crippen molar-refractivity contribution >= 4 is 16.9 Å². The van der Waals surface area contributed by atoms with E-state index in [2.05, 4.69) is 37.4 Å². The molecule has 0 aliphatic carbocycles. The van der Waals surface area contributed by atoms with Crippen molar-refractivity contribution < 1.29 is 4.79 Å². The maximum absolute atomic E-state index is 12.5. The average Bonchev–Trinajstić information content (AvgIpc) is 3.01. The molecule has 1 aromatic carbocycles. The summed E-state index contributed by atoms with van der Waals surface area (Å²) < 4.78 is 1.56. The lowest BCUT2D eigenvalue weighted by molar-refractivity contribution is -0.122. The Morgan fingerprint density at radius 2 is 2.15 bits per heavy atom. The van der Waals surface area contributed by atoms with Crippen LogP contribution in [0.4, 0.5) is 0 Å². The first-order valence-corrected chi connectivity index (χ1v) is 8.98. The highest BCUT2D eigenvalue weighted by Gasteiger charge is 2.24. The number of aryl methyl sites for hydroxylation is 2. The smallest absolute Gasteiger partial charge is 0.262 e. The molecule has 8 heteroatoms. The molecule has 27 heavy (non-hydrogen) atoms. The van der Waals surface area contributed by atoms with Gasteiger partial charge in [0.1, 0.15) is 11.2 Å². The van der Waals surface area contributed by atoms with Crippen molar-refractivity contribution in [3.63, 3.8) is 0 Å². The van der Waals surface area contributed by atoms with Crippen LogP contribution in [0.15, 0.2) is 35.3 Å². The third-order valence-electron chi connectivity index (χ3n) is 4.94. The molecular formula is C19H22N6O2. The monoisotopic (exact) mass is 366 g/mol. The van der Waals surface area contributed by atoms with Crippen LogP contribution in [0, 0.1) is 0 Å². The number of nitrogens with one attached hydrogen (secondary N) is 2. The Morgan fingerprint density at radius 3 is 3.00 bits per heavy atom. The average molecular weight is 366 g/mol. The number of aromatic amines is 1. The van der Waals surface area contributed by atoms with Gasteiger partial charge >= 0.3 is 0 Å². The Balaban J connectivity index is 1.45. The molecule has 3 heterocycles. The molecule has 0 radical (unpaired) electrons. The van der Waals surface area contributed by atoms with Crippen LogP contribution in [-0.2, 0) is 24.8 Å². The Bertz CT molecular complexity index is 1050. The fourth-order valence-corrected chi connectivity index (χ4v) is 3.60. The third kappa shape index (κ3) is 3.48. The fraction of sp³-hybridized carbons (Fsp3) is 0.368. The second-order valence-electron chi connectivity index (χ2n) is 7.03. The summed E-state index contributed by atoms with van der Waals surface area (Å²) in [5.41, 5.74) is 2.71. The molecule has 8 nitrogen and oxygen atoms in total. The summed E-state index contributed by atoms with van der Waals surface area (Å²) in [5.74, 6) is 0.435. The zero-order chi connectivity index (χ0) is 19.0. The first kappa shape index (κ1) is 17.4. The number of H-pyrrole nitrogens is 1. The van der Waals surface area contributed by atoms with Crippen molar-refractivity contribution in [2.24, 2.45) is 7.05 Å². The van der Waals surface area contributed by atoms with Crippen molar-refractivity contribution in [3.05, 3.63) is 57.8 Å². The molecule has 0 spiro atoms. The van der Waals surface area contributed by atoms with Crippen LogP contribution in [0.5, 0.6) is 0 Å². The van der Waals surface area contributed by atoms with Gasteiger partial charge in [-0.3, -0.25) is 19.2 Å². The van der Waals surface area contributed by atoms with E-state index in [0.29, 0.717) is 23.3 Å². The quantitative estimate of drug-likeness (QED) is 0.715. The molecular weight excluding hydrogens is 344 g/mol. The van der Waals surface area contributed by atoms with Gasteiger partial charge in [0.25, 0.3) is 5.56 Å². The first-order valence-electron chi connectivity index (χ1n) is 8.98. The molecule has 1 unspecified atom stereocenters. The van der Waals surface area contributed by atoms with Crippen LogP contribution in [0.1, 0.15) is 29.4 Å². The molecule has 1 aliphatic heterocycles. The molecule has 3 aromatic rings. The molecule has 1 amide bonds. The number of fused-ring (bicyclic) bond motifs is 2. The number of amides is 1. The summed E-state index contributed by atoms with van der Waals surface area (Å²) in [6.45, 7) is 1.66. The largest absolute Gasteiger partial charge is 0.348 e. The highest BCUT2D eigenvalue weighted by molar-refractivity contribution is 5.77. The summed E-state index contributed by atoms with van der Waals surface area (Å²) in [6.07, 6.45) is 2.12. The van der Waals surface area contributed by atoms with Crippen LogP contribution in [0.2, 0.25) is 0 Å². The van der Waals surface area contributed by atoms with Gasteiger partial charge in [-0.1, -0.05) is 24.3 Å². The van der Waals surface area contributed by atoms with E-state index < -0.39 is 0 Å². The summed E-state index contributed by atoms with van der Waals surface area (Å²) in [7, 11) is 3.79. The third-order valence-corrected chi connectivity index (χ3v) is 4.94. The van der Waals surface area contributed by atoms with E-state index in [4.69, 9.17) is 0 Å². The number of hydrogen-bond donors (Lipinski definition) is 2. The molecule has 0 fully saturated rings. The van der Waals surface area contributed by atoms with Gasteiger partial charge in [0.15, 0.2) is 5.65 Å². The van der Waals surface area contributed by atoms with E-state index in [1.807, 2.05) is 19.2 Å². The number of carbonyl (C=O) groups is 1. The molecule has 2 N–H and O–H groups in total. The lowest BCUT2D eigenvalue weighted by atomic mass is 9.95. The maximum atomic E-state index is 12.5. The van der Waals surface area contributed by atoms with E-state index in [9.17, 15) is 9.59 Å². The van der Waals surface area contributed by atoms with Gasteiger partial charge in [-0.15, -0.1) is 0 Å². The number of nitrogens with zero attached hydrogens (tertiary/aromatic N) is 4. The van der Waals surface area contributed by atoms with Crippen LogP contribution >= 0.6 is 0 Å². The van der Waals surface area contributed by atoms with Crippen LogP contribution in [0.25, 0.3) is 11.0 Å². The Kier molecular flexibility index (Phi) is 4.49. The van der Waals surface area contributed by atoms with Gasteiger partial charge < -0.3 is 10.3 Å². The highest BCUT2D eigenvalue weighted by Crippen LogP contribution is 2.25. The van der Waals surface area contributed by atoms with Gasteiger partial charge in [0, 0.05) is 33.0 Å². The van der Waals surface area contributed by atoms with Crippen molar-refractivity contribution in [3.8, 4) is 0 Å². The minimum Gasteiger partial charge on any atom is -0.348 e. The topological polar surface area (TPSA) is 95.9 Å². The summed E-state index contributed by atoms with van der Waals surface area (Å²) in [4.78, 5) is 33.9. The van der Waals surface area contributed by atoms with E-state index in [1.165, 1.54) is 17.3 Å². The Hall–Kier alpha value is -3.00. The van der Waals surface area contributed by atoms with E-state index >= 15 is 0 Å². The van der Waals surface area contributed by atoms with Gasteiger partial charge in [-0.25, -0.2) is 4.98 Å². The highest BCUT2D eigenvalue weighted by atomic mass is 16.1. The first-order chi connectivity index (χ1) is 13.0. The SMILES string of the molecule is CN1Cc2ccccc2C(NC(=O)CCc2nc3c(cnn3C)c(=O)[nH]2)C1. The van der Waals surface area contributed by atoms with E-state index in [0.717, 1.165) is 13.1 Å². The minimum absolute atomic E-state index is 0.0287. The number of carbonyl (C=O) groups excluding carboxylic acids is 1. The van der Waals surface area contributed by atoms with Gasteiger partial charge in [-0.2, -0.15) is 5.10 Å². The number of likely N-dealkylation sites (N-methyl/N-ethyl adjacent to an activating group) is 1. The number of hydrogen-bond acceptors (Lipinski definition) is 5. The maximum Gasteiger partial charge on any atom is 0.262 e. The van der Waals surface area contributed by atoms with E-state index in [-0.39, 0.29) is 23.9 Å². The van der Waals surface area contributed by atoms with Crippen molar-refractivity contribution in [2.75, 3.05) is 13.6 Å². The van der Waals surface area contributed by atoms with Crippen molar-refractivity contribution in [1.82, 2.24) is 30.0 Å². The zero-order valence-corrected chi connectivity index (χ0v) is 15.4. The number of aromatic nitrogens is 4. The molecule has 0 bridgehead atoms. The number of rotatable bonds is 4. The lowest BCUT2D eigenvalue weighted by Gasteiger charge is -2.32. The summed E-state index contributed by atoms with van der Waals surface area (Å²) in [5, 5.41) is 7.62. The lowest BCUT2D eigenvalue weighted by Crippen LogP contribution is -2.40. The molecule has 1 aliphatic rings. The summed E-state index contributed by atoms with van der Waals surface area (Å²) in [6, 6.07) is 8.16. The predicted octanol–water partition coefficient (Wildman–Crippen LogP) is 0.892. The van der Waals surface area contributed by atoms with Gasteiger partial charge in [0.2, 0.25) is 5.91 Å². The van der Waals surface area contributed by atoms with Crippen molar-refractivity contribution in [2.45, 2.75) is 25.4 Å². The molecule has 140 valence electrons. The Labute approximate surface area is 156 Å². The minimum atomic E-state index is -0.230. The van der Waals surface area contributed by atoms with Crippen LogP contribution < -0.4 is 10.9 Å². The second kappa shape index (κ2) is 6.96. The van der Waals surface area contributed by atoms with Crippen LogP contribution in [0.3, 0.4) is 0 Å². The van der Waals surface area contributed by atoms with E-state index in [1.54, 1.807) is 11.7 Å². The molecule has 4 rings (SSSR count).